The third-order valence-electron chi connectivity index (χ3n) is 4.61. The second kappa shape index (κ2) is 8.31. The Balaban J connectivity index is 1.74. The lowest BCUT2D eigenvalue weighted by Gasteiger charge is -2.22. The van der Waals surface area contributed by atoms with E-state index in [9.17, 15) is 8.42 Å². The zero-order valence-electron chi connectivity index (χ0n) is 15.0. The van der Waals surface area contributed by atoms with E-state index in [0.717, 1.165) is 11.1 Å². The van der Waals surface area contributed by atoms with Gasteiger partial charge in [-0.2, -0.15) is 0 Å². The summed E-state index contributed by atoms with van der Waals surface area (Å²) in [5, 5.41) is -0.786. The Morgan fingerprint density at radius 2 is 1.77 bits per heavy atom. The van der Waals surface area contributed by atoms with Crippen LogP contribution < -0.4 is 0 Å². The van der Waals surface area contributed by atoms with Crippen LogP contribution in [0.2, 0.25) is 0 Å². The molecule has 6 heteroatoms. The van der Waals surface area contributed by atoms with E-state index in [-0.39, 0.29) is 18.1 Å². The number of methoxy groups -OCH3 is 1. The van der Waals surface area contributed by atoms with Crippen molar-refractivity contribution in [1.82, 2.24) is 0 Å². The van der Waals surface area contributed by atoms with Crippen molar-refractivity contribution >= 4 is 9.84 Å². The van der Waals surface area contributed by atoms with Crippen LogP contribution in [0.15, 0.2) is 59.5 Å². The first kappa shape index (κ1) is 19.0. The molecule has 0 aromatic heterocycles. The Morgan fingerprint density at radius 1 is 1.08 bits per heavy atom. The molecule has 0 aliphatic carbocycles. The molecule has 1 fully saturated rings. The first-order valence-electron chi connectivity index (χ1n) is 8.59. The first-order valence-corrected chi connectivity index (χ1v) is 10.1. The van der Waals surface area contributed by atoms with Gasteiger partial charge in [0.25, 0.3) is 0 Å². The molecule has 0 unspecified atom stereocenters. The van der Waals surface area contributed by atoms with Gasteiger partial charge in [-0.05, 0) is 24.6 Å². The molecule has 140 valence electrons. The maximum atomic E-state index is 13.1. The van der Waals surface area contributed by atoms with Crippen LogP contribution >= 0.6 is 0 Å². The van der Waals surface area contributed by atoms with E-state index in [1.54, 1.807) is 24.3 Å². The van der Waals surface area contributed by atoms with Gasteiger partial charge in [-0.1, -0.05) is 48.0 Å². The predicted molar refractivity (Wildman–Crippen MR) is 98.8 cm³/mol. The summed E-state index contributed by atoms with van der Waals surface area (Å²) in [5.41, 5.74) is 2.05. The molecule has 1 aliphatic heterocycles. The van der Waals surface area contributed by atoms with Crippen LogP contribution in [0, 0.1) is 6.92 Å². The Morgan fingerprint density at radius 3 is 2.42 bits per heavy atom. The lowest BCUT2D eigenvalue weighted by atomic mass is 10.2. The van der Waals surface area contributed by atoms with Gasteiger partial charge in [-0.25, -0.2) is 8.42 Å². The Hall–Kier alpha value is -1.73. The highest BCUT2D eigenvalue weighted by molar-refractivity contribution is 7.92. The molecule has 0 amide bonds. The molecular weight excluding hydrogens is 352 g/mol. The van der Waals surface area contributed by atoms with Gasteiger partial charge < -0.3 is 14.2 Å². The van der Waals surface area contributed by atoms with Gasteiger partial charge >= 0.3 is 0 Å². The summed E-state index contributed by atoms with van der Waals surface area (Å²) in [6.45, 7) is 2.78. The van der Waals surface area contributed by atoms with Crippen molar-refractivity contribution in [3.63, 3.8) is 0 Å². The van der Waals surface area contributed by atoms with Gasteiger partial charge in [-0.3, -0.25) is 0 Å². The zero-order valence-corrected chi connectivity index (χ0v) is 15.8. The van der Waals surface area contributed by atoms with Crippen LogP contribution in [0.25, 0.3) is 0 Å². The van der Waals surface area contributed by atoms with Gasteiger partial charge in [0.05, 0.1) is 24.7 Å². The largest absolute Gasteiger partial charge is 0.378 e. The van der Waals surface area contributed by atoms with Gasteiger partial charge in [0.15, 0.2) is 9.84 Å². The van der Waals surface area contributed by atoms with Crippen molar-refractivity contribution in [1.29, 1.82) is 0 Å². The van der Waals surface area contributed by atoms with Crippen molar-refractivity contribution in [2.24, 2.45) is 0 Å². The Kier molecular flexibility index (Phi) is 6.09. The molecule has 2 aromatic rings. The third-order valence-corrected chi connectivity index (χ3v) is 6.86. The van der Waals surface area contributed by atoms with Crippen molar-refractivity contribution in [2.45, 2.75) is 35.9 Å². The number of aryl methyl sites for hydroxylation is 1. The molecule has 26 heavy (non-hydrogen) atoms. The number of rotatable bonds is 7. The summed E-state index contributed by atoms with van der Waals surface area (Å²) < 4.78 is 43.1. The highest BCUT2D eigenvalue weighted by Crippen LogP contribution is 2.29. The molecule has 1 aliphatic rings. The minimum absolute atomic E-state index is 0.199. The molecule has 0 bridgehead atoms. The number of hydrogen-bond donors (Lipinski definition) is 0. The predicted octanol–water partition coefficient (Wildman–Crippen LogP) is 2.77. The fraction of sp³-hybridized carbons (Fsp3) is 0.400. The maximum absolute atomic E-state index is 13.1. The highest BCUT2D eigenvalue weighted by Gasteiger charge is 2.47. The lowest BCUT2D eigenvalue weighted by Crippen LogP contribution is -2.41. The van der Waals surface area contributed by atoms with E-state index < -0.39 is 27.3 Å². The summed E-state index contributed by atoms with van der Waals surface area (Å²) in [6.07, 6.45) is -1.07. The van der Waals surface area contributed by atoms with Crippen LogP contribution in [-0.4, -0.2) is 46.2 Å². The zero-order chi connectivity index (χ0) is 18.6. The normalized spacial score (nSPS) is 23.2. The van der Waals surface area contributed by atoms with Gasteiger partial charge in [0.1, 0.15) is 17.5 Å². The first-order chi connectivity index (χ1) is 12.5. The summed E-state index contributed by atoms with van der Waals surface area (Å²) in [4.78, 5) is 0.286. The molecule has 5 nitrogen and oxygen atoms in total. The maximum Gasteiger partial charge on any atom is 0.186 e. The average Bonchev–Trinajstić information content (AvgIpc) is 3.07. The monoisotopic (exact) mass is 376 g/mol. The van der Waals surface area contributed by atoms with Crippen LogP contribution in [-0.2, 0) is 30.7 Å². The molecule has 1 heterocycles. The van der Waals surface area contributed by atoms with Crippen LogP contribution in [0.1, 0.15) is 11.1 Å². The SMILES string of the molecule is CO[C@@H]1CO[C@H](COCc2ccccc2)[C@H]1S(=O)(=O)c1ccc(C)cc1. The molecule has 1 saturated heterocycles. The number of sulfone groups is 1. The topological polar surface area (TPSA) is 61.8 Å². The minimum Gasteiger partial charge on any atom is -0.378 e. The number of ether oxygens (including phenoxy) is 3. The Labute approximate surface area is 154 Å². The van der Waals surface area contributed by atoms with E-state index >= 15 is 0 Å². The van der Waals surface area contributed by atoms with E-state index in [4.69, 9.17) is 14.2 Å². The van der Waals surface area contributed by atoms with Crippen molar-refractivity contribution in [2.75, 3.05) is 20.3 Å². The van der Waals surface area contributed by atoms with E-state index in [1.807, 2.05) is 37.3 Å². The lowest BCUT2D eigenvalue weighted by molar-refractivity contribution is 0.00763. The minimum atomic E-state index is -3.59. The molecule has 2 aromatic carbocycles. The quantitative estimate of drug-likeness (QED) is 0.744. The van der Waals surface area contributed by atoms with E-state index in [1.165, 1.54) is 7.11 Å². The molecule has 0 spiro atoms. The number of benzene rings is 2. The Bertz CT molecular complexity index is 802. The van der Waals surface area contributed by atoms with E-state index in [2.05, 4.69) is 0 Å². The molecular formula is C20H24O5S. The second-order valence-electron chi connectivity index (χ2n) is 6.47. The highest BCUT2D eigenvalue weighted by atomic mass is 32.2. The fourth-order valence-electron chi connectivity index (χ4n) is 3.14. The summed E-state index contributed by atoms with van der Waals surface area (Å²) in [6, 6.07) is 16.6. The average molecular weight is 376 g/mol. The fourth-order valence-corrected chi connectivity index (χ4v) is 5.12. The molecule has 3 atom stereocenters. The standard InChI is InChI=1S/C20H24O5S/c1-15-8-10-17(11-9-15)26(21,22)20-18(23-2)14-25-19(20)13-24-12-16-6-4-3-5-7-16/h3-11,18-20H,12-14H2,1-2H3/t18-,19-,20+/m1/s1. The van der Waals surface area contributed by atoms with Crippen molar-refractivity contribution < 1.29 is 22.6 Å². The number of hydrogen-bond acceptors (Lipinski definition) is 5. The van der Waals surface area contributed by atoms with Gasteiger partial charge in [-0.15, -0.1) is 0 Å². The van der Waals surface area contributed by atoms with Crippen molar-refractivity contribution in [3.8, 4) is 0 Å². The van der Waals surface area contributed by atoms with Crippen LogP contribution in [0.3, 0.4) is 0 Å². The smallest absolute Gasteiger partial charge is 0.186 e. The third kappa shape index (κ3) is 4.15. The summed E-state index contributed by atoms with van der Waals surface area (Å²) >= 11 is 0. The van der Waals surface area contributed by atoms with Gasteiger partial charge in [0.2, 0.25) is 0 Å². The molecule has 3 rings (SSSR count). The molecule has 0 radical (unpaired) electrons. The summed E-state index contributed by atoms with van der Waals surface area (Å²) in [7, 11) is -2.08. The summed E-state index contributed by atoms with van der Waals surface area (Å²) in [5.74, 6) is 0. The van der Waals surface area contributed by atoms with Crippen LogP contribution in [0.5, 0.6) is 0 Å². The van der Waals surface area contributed by atoms with Crippen LogP contribution in [0.4, 0.5) is 0 Å². The second-order valence-corrected chi connectivity index (χ2v) is 8.58. The van der Waals surface area contributed by atoms with Gasteiger partial charge in [0, 0.05) is 7.11 Å². The molecule has 0 saturated carbocycles. The molecule has 0 N–H and O–H groups in total. The van der Waals surface area contributed by atoms with E-state index in [0.29, 0.717) is 6.61 Å². The van der Waals surface area contributed by atoms with Crippen molar-refractivity contribution in [3.05, 3.63) is 65.7 Å².